The quantitative estimate of drug-likeness (QED) is 0.459. The van der Waals surface area contributed by atoms with E-state index in [9.17, 15) is 9.18 Å². The summed E-state index contributed by atoms with van der Waals surface area (Å²) in [6.07, 6.45) is 4.12. The number of aromatic nitrogens is 3. The van der Waals surface area contributed by atoms with E-state index >= 15 is 0 Å². The van der Waals surface area contributed by atoms with Crippen molar-refractivity contribution in [1.29, 1.82) is 0 Å². The lowest BCUT2D eigenvalue weighted by Crippen LogP contribution is -2.13. The third-order valence-corrected chi connectivity index (χ3v) is 5.61. The summed E-state index contributed by atoms with van der Waals surface area (Å²) >= 11 is 1.47. The van der Waals surface area contributed by atoms with Crippen molar-refractivity contribution < 1.29 is 9.18 Å². The van der Waals surface area contributed by atoms with Crippen LogP contribution in [0.3, 0.4) is 0 Å². The molecule has 0 radical (unpaired) electrons. The molecule has 0 fully saturated rings. The number of nitrogens with one attached hydrogen (secondary N) is 1. The van der Waals surface area contributed by atoms with Crippen molar-refractivity contribution in [2.24, 2.45) is 5.73 Å². The summed E-state index contributed by atoms with van der Waals surface area (Å²) in [7, 11) is 0. The Hall–Kier alpha value is -3.52. The lowest BCUT2D eigenvalue weighted by atomic mass is 10.1. The predicted molar refractivity (Wildman–Crippen MR) is 116 cm³/mol. The normalized spacial score (nSPS) is 10.9. The molecule has 4 rings (SSSR count). The maximum atomic E-state index is 13.2. The van der Waals surface area contributed by atoms with Crippen molar-refractivity contribution >= 4 is 28.1 Å². The zero-order valence-electron chi connectivity index (χ0n) is 16.3. The first-order valence-corrected chi connectivity index (χ1v) is 10.3. The molecule has 0 saturated carbocycles. The zero-order valence-corrected chi connectivity index (χ0v) is 17.1. The number of nitrogens with two attached hydrogens (primary N) is 1. The average molecular weight is 422 g/mol. The molecule has 1 amide bonds. The standard InChI is InChI=1S/C22H20FN5OS/c1-14-18(21(24)29)11-20(28(14)10-8-15-4-6-16(23)7-5-15)19-13-30-22(27-19)26-17-3-2-9-25-12-17/h2-7,9,11-13H,8,10H2,1H3,(H2,24,29)(H,26,27). The van der Waals surface area contributed by atoms with Crippen LogP contribution in [-0.4, -0.2) is 20.4 Å². The van der Waals surface area contributed by atoms with Crippen LogP contribution in [0.4, 0.5) is 15.2 Å². The molecule has 0 aliphatic heterocycles. The van der Waals surface area contributed by atoms with E-state index in [0.29, 0.717) is 18.5 Å². The minimum absolute atomic E-state index is 0.260. The molecule has 3 aromatic heterocycles. The van der Waals surface area contributed by atoms with Gasteiger partial charge in [0.2, 0.25) is 0 Å². The van der Waals surface area contributed by atoms with Crippen LogP contribution in [0.5, 0.6) is 0 Å². The molecule has 8 heteroatoms. The van der Waals surface area contributed by atoms with Crippen LogP contribution in [0.25, 0.3) is 11.4 Å². The number of amides is 1. The maximum Gasteiger partial charge on any atom is 0.250 e. The van der Waals surface area contributed by atoms with Gasteiger partial charge < -0.3 is 15.6 Å². The number of hydrogen-bond acceptors (Lipinski definition) is 5. The van der Waals surface area contributed by atoms with Gasteiger partial charge in [-0.2, -0.15) is 0 Å². The number of halogens is 1. The van der Waals surface area contributed by atoms with Crippen molar-refractivity contribution in [2.45, 2.75) is 19.9 Å². The number of thiazole rings is 1. The number of aryl methyl sites for hydroxylation is 1. The molecule has 0 spiro atoms. The van der Waals surface area contributed by atoms with Crippen molar-refractivity contribution in [1.82, 2.24) is 14.5 Å². The number of rotatable bonds is 7. The number of benzene rings is 1. The molecule has 0 aliphatic carbocycles. The number of carbonyl (C=O) groups excluding carboxylic acids is 1. The summed E-state index contributed by atoms with van der Waals surface area (Å²) in [6, 6.07) is 12.0. The SMILES string of the molecule is Cc1c(C(N)=O)cc(-c2csc(Nc3cccnc3)n2)n1CCc1ccc(F)cc1. The fourth-order valence-electron chi connectivity index (χ4n) is 3.30. The minimum atomic E-state index is -0.474. The van der Waals surface area contributed by atoms with Gasteiger partial charge in [-0.05, 0) is 49.2 Å². The molecule has 3 N–H and O–H groups in total. The number of pyridine rings is 1. The molecular weight excluding hydrogens is 401 g/mol. The minimum Gasteiger partial charge on any atom is -0.366 e. The lowest BCUT2D eigenvalue weighted by Gasteiger charge is -2.11. The van der Waals surface area contributed by atoms with Gasteiger partial charge in [0, 0.05) is 23.8 Å². The van der Waals surface area contributed by atoms with Crippen molar-refractivity contribution in [2.75, 3.05) is 5.32 Å². The number of primary amides is 1. The highest BCUT2D eigenvalue weighted by molar-refractivity contribution is 7.14. The van der Waals surface area contributed by atoms with E-state index in [4.69, 9.17) is 5.73 Å². The first-order chi connectivity index (χ1) is 14.5. The van der Waals surface area contributed by atoms with Crippen LogP contribution in [0, 0.1) is 12.7 Å². The van der Waals surface area contributed by atoms with Gasteiger partial charge >= 0.3 is 0 Å². The molecular formula is C22H20FN5OS. The predicted octanol–water partition coefficient (Wildman–Crippen LogP) is 4.54. The highest BCUT2D eigenvalue weighted by Gasteiger charge is 2.18. The van der Waals surface area contributed by atoms with Crippen molar-refractivity contribution in [3.63, 3.8) is 0 Å². The fourth-order valence-corrected chi connectivity index (χ4v) is 4.02. The molecule has 1 aromatic carbocycles. The Morgan fingerprint density at radius 2 is 2.07 bits per heavy atom. The third kappa shape index (κ3) is 4.23. The zero-order chi connectivity index (χ0) is 21.1. The number of anilines is 2. The van der Waals surface area contributed by atoms with Crippen molar-refractivity contribution in [3.05, 3.63) is 82.9 Å². The van der Waals surface area contributed by atoms with Crippen LogP contribution in [0.2, 0.25) is 0 Å². The van der Waals surface area contributed by atoms with Gasteiger partial charge in [-0.3, -0.25) is 9.78 Å². The van der Waals surface area contributed by atoms with E-state index in [1.807, 2.05) is 29.0 Å². The average Bonchev–Trinajstić information content (AvgIpc) is 3.32. The van der Waals surface area contributed by atoms with E-state index in [1.54, 1.807) is 30.6 Å². The Bertz CT molecular complexity index is 1170. The summed E-state index contributed by atoms with van der Waals surface area (Å²) in [6.45, 7) is 2.48. The fraction of sp³-hybridized carbons (Fsp3) is 0.136. The Balaban J connectivity index is 1.63. The van der Waals surface area contributed by atoms with Crippen LogP contribution >= 0.6 is 11.3 Å². The van der Waals surface area contributed by atoms with Gasteiger partial charge in [0.05, 0.1) is 28.8 Å². The van der Waals surface area contributed by atoms with E-state index in [0.717, 1.165) is 33.5 Å². The number of nitrogens with zero attached hydrogens (tertiary/aromatic N) is 3. The van der Waals surface area contributed by atoms with Gasteiger partial charge in [0.1, 0.15) is 5.82 Å². The molecule has 0 saturated heterocycles. The van der Waals surface area contributed by atoms with Crippen LogP contribution < -0.4 is 11.1 Å². The number of hydrogen-bond donors (Lipinski definition) is 2. The summed E-state index contributed by atoms with van der Waals surface area (Å²) in [5, 5.41) is 5.89. The topological polar surface area (TPSA) is 85.8 Å². The first kappa shape index (κ1) is 19.8. The summed E-state index contributed by atoms with van der Waals surface area (Å²) < 4.78 is 15.2. The summed E-state index contributed by atoms with van der Waals surface area (Å²) in [4.78, 5) is 20.7. The third-order valence-electron chi connectivity index (χ3n) is 4.85. The summed E-state index contributed by atoms with van der Waals surface area (Å²) in [5.74, 6) is -0.734. The van der Waals surface area contributed by atoms with Crippen LogP contribution in [-0.2, 0) is 13.0 Å². The molecule has 152 valence electrons. The number of carbonyl (C=O) groups is 1. The molecule has 30 heavy (non-hydrogen) atoms. The van der Waals surface area contributed by atoms with Crippen LogP contribution in [0.15, 0.2) is 60.2 Å². The molecule has 3 heterocycles. The Morgan fingerprint density at radius 1 is 1.27 bits per heavy atom. The van der Waals surface area contributed by atoms with Gasteiger partial charge in [-0.15, -0.1) is 11.3 Å². The molecule has 0 aliphatic rings. The lowest BCUT2D eigenvalue weighted by molar-refractivity contribution is 0.0999. The molecule has 4 aromatic rings. The van der Waals surface area contributed by atoms with Gasteiger partial charge in [0.25, 0.3) is 5.91 Å². The van der Waals surface area contributed by atoms with Gasteiger partial charge in [-0.25, -0.2) is 9.37 Å². The Kier molecular flexibility index (Phi) is 5.58. The van der Waals surface area contributed by atoms with Gasteiger partial charge in [0.15, 0.2) is 5.13 Å². The Morgan fingerprint density at radius 3 is 2.77 bits per heavy atom. The second-order valence-electron chi connectivity index (χ2n) is 6.83. The smallest absolute Gasteiger partial charge is 0.250 e. The van der Waals surface area contributed by atoms with Crippen molar-refractivity contribution in [3.8, 4) is 11.4 Å². The van der Waals surface area contributed by atoms with E-state index in [1.165, 1.54) is 23.5 Å². The highest BCUT2D eigenvalue weighted by Crippen LogP contribution is 2.30. The van der Waals surface area contributed by atoms with E-state index in [2.05, 4.69) is 15.3 Å². The highest BCUT2D eigenvalue weighted by atomic mass is 32.1. The second-order valence-corrected chi connectivity index (χ2v) is 7.68. The molecule has 0 atom stereocenters. The van der Waals surface area contributed by atoms with Gasteiger partial charge in [-0.1, -0.05) is 12.1 Å². The van der Waals surface area contributed by atoms with E-state index in [-0.39, 0.29) is 5.82 Å². The largest absolute Gasteiger partial charge is 0.366 e. The maximum absolute atomic E-state index is 13.2. The molecule has 0 unspecified atom stereocenters. The van der Waals surface area contributed by atoms with E-state index < -0.39 is 5.91 Å². The second kappa shape index (κ2) is 8.46. The monoisotopic (exact) mass is 421 g/mol. The summed E-state index contributed by atoms with van der Waals surface area (Å²) in [5.41, 5.74) is 10.3. The van der Waals surface area contributed by atoms with Crippen LogP contribution in [0.1, 0.15) is 21.6 Å². The Labute approximate surface area is 177 Å². The molecule has 0 bridgehead atoms. The first-order valence-electron chi connectivity index (χ1n) is 9.38. The molecule has 6 nitrogen and oxygen atoms in total.